The number of aromatic nitrogens is 1. The number of furan rings is 1. The third kappa shape index (κ3) is 4.28. The van der Waals surface area contributed by atoms with Crippen LogP contribution in [0.2, 0.25) is 0 Å². The van der Waals surface area contributed by atoms with Gasteiger partial charge in [-0.1, -0.05) is 12.1 Å². The maximum atomic E-state index is 11.0. The highest BCUT2D eigenvalue weighted by molar-refractivity contribution is 7.11. The van der Waals surface area contributed by atoms with Crippen LogP contribution in [-0.4, -0.2) is 14.8 Å². The van der Waals surface area contributed by atoms with Crippen LogP contribution in [-0.2, 0) is 0 Å². The minimum Gasteiger partial charge on any atom is -0.457 e. The van der Waals surface area contributed by atoms with Crippen molar-refractivity contribution in [1.29, 1.82) is 5.26 Å². The normalized spacial score (nSPS) is 11.2. The Bertz CT molecular complexity index is 1400. The number of thiazole rings is 1. The molecule has 2 aromatic carbocycles. The summed E-state index contributed by atoms with van der Waals surface area (Å²) in [6.07, 6.45) is 1.55. The molecule has 0 aliphatic heterocycles. The summed E-state index contributed by atoms with van der Waals surface area (Å²) in [5, 5.41) is 33.6. The minimum atomic E-state index is -0.477. The van der Waals surface area contributed by atoms with E-state index in [1.807, 2.05) is 0 Å². The standard InChI is InChI=1S/C22H12N4O5S/c23-12-16(22-24-20(13-32-22)15-2-1-3-18(10-15)26(29)30)11-19-8-9-21(31-19)14-4-6-17(7-5-14)25(27)28/h1-11,13H/b16-11+. The number of nitriles is 1. The number of hydrogen-bond donors (Lipinski definition) is 0. The number of allylic oxidation sites excluding steroid dienone is 1. The summed E-state index contributed by atoms with van der Waals surface area (Å²) < 4.78 is 5.76. The van der Waals surface area contributed by atoms with E-state index in [2.05, 4.69) is 11.1 Å². The second kappa shape index (κ2) is 8.63. The summed E-state index contributed by atoms with van der Waals surface area (Å²) in [6, 6.07) is 17.6. The lowest BCUT2D eigenvalue weighted by Gasteiger charge is -1.97. The average Bonchev–Trinajstić information content (AvgIpc) is 3.48. The monoisotopic (exact) mass is 444 g/mol. The van der Waals surface area contributed by atoms with Crippen molar-refractivity contribution in [2.24, 2.45) is 0 Å². The van der Waals surface area contributed by atoms with Crippen LogP contribution in [0.3, 0.4) is 0 Å². The zero-order valence-electron chi connectivity index (χ0n) is 16.2. The van der Waals surface area contributed by atoms with Gasteiger partial charge in [0.2, 0.25) is 0 Å². The van der Waals surface area contributed by atoms with Crippen molar-refractivity contribution >= 4 is 34.4 Å². The van der Waals surface area contributed by atoms with Gasteiger partial charge in [-0.3, -0.25) is 20.2 Å². The van der Waals surface area contributed by atoms with Crippen molar-refractivity contribution in [2.45, 2.75) is 0 Å². The van der Waals surface area contributed by atoms with Crippen LogP contribution < -0.4 is 0 Å². The van der Waals surface area contributed by atoms with Gasteiger partial charge in [-0.05, 0) is 24.3 Å². The highest BCUT2D eigenvalue weighted by Crippen LogP contribution is 2.30. The summed E-state index contributed by atoms with van der Waals surface area (Å²) >= 11 is 1.24. The number of benzene rings is 2. The Morgan fingerprint density at radius 1 is 1.00 bits per heavy atom. The molecule has 0 spiro atoms. The van der Waals surface area contributed by atoms with Crippen molar-refractivity contribution in [3.8, 4) is 28.7 Å². The SMILES string of the molecule is N#C/C(=C\c1ccc(-c2ccc([N+](=O)[O-])cc2)o1)c1nc(-c2cccc([N+](=O)[O-])c2)cs1. The van der Waals surface area contributed by atoms with Crippen molar-refractivity contribution in [3.05, 3.63) is 97.0 Å². The molecule has 0 radical (unpaired) electrons. The molecule has 0 N–H and O–H groups in total. The quantitative estimate of drug-likeness (QED) is 0.203. The highest BCUT2D eigenvalue weighted by atomic mass is 32.1. The molecule has 156 valence electrons. The van der Waals surface area contributed by atoms with Crippen LogP contribution in [0, 0.1) is 31.6 Å². The Morgan fingerprint density at radius 3 is 2.44 bits per heavy atom. The number of nitrogens with zero attached hydrogens (tertiary/aromatic N) is 4. The summed E-state index contributed by atoms with van der Waals surface area (Å²) in [7, 11) is 0. The first-order chi connectivity index (χ1) is 15.4. The first kappa shape index (κ1) is 20.6. The molecule has 0 saturated carbocycles. The van der Waals surface area contributed by atoms with Gasteiger partial charge >= 0.3 is 0 Å². The summed E-state index contributed by atoms with van der Waals surface area (Å²) in [6.45, 7) is 0. The van der Waals surface area contributed by atoms with Gasteiger partial charge in [0.05, 0.1) is 21.1 Å². The van der Waals surface area contributed by atoms with E-state index in [9.17, 15) is 25.5 Å². The molecule has 9 nitrogen and oxygen atoms in total. The molecule has 0 fully saturated rings. The van der Waals surface area contributed by atoms with Crippen LogP contribution in [0.4, 0.5) is 11.4 Å². The molecule has 4 aromatic rings. The molecule has 0 bridgehead atoms. The van der Waals surface area contributed by atoms with Gasteiger partial charge in [0.15, 0.2) is 0 Å². The van der Waals surface area contributed by atoms with Crippen molar-refractivity contribution < 1.29 is 14.3 Å². The molecule has 0 aliphatic carbocycles. The van der Waals surface area contributed by atoms with Gasteiger partial charge in [0.25, 0.3) is 11.4 Å². The first-order valence-electron chi connectivity index (χ1n) is 9.12. The van der Waals surface area contributed by atoms with Crippen LogP contribution in [0.15, 0.2) is 70.5 Å². The lowest BCUT2D eigenvalue weighted by atomic mass is 10.1. The first-order valence-corrected chi connectivity index (χ1v) is 10.00. The molecule has 0 saturated heterocycles. The minimum absolute atomic E-state index is 0.0180. The maximum Gasteiger partial charge on any atom is 0.270 e. The molecule has 0 amide bonds. The van der Waals surface area contributed by atoms with Crippen LogP contribution in [0.1, 0.15) is 10.8 Å². The molecule has 0 atom stereocenters. The predicted octanol–water partition coefficient (Wildman–Crippen LogP) is 5.95. The number of non-ortho nitro benzene ring substituents is 2. The van der Waals surface area contributed by atoms with Gasteiger partial charge in [0.1, 0.15) is 22.6 Å². The summed E-state index contributed by atoms with van der Waals surface area (Å²) in [5.74, 6) is 0.918. The molecule has 32 heavy (non-hydrogen) atoms. The Labute approximate surface area is 184 Å². The molecule has 10 heteroatoms. The molecule has 4 rings (SSSR count). The lowest BCUT2D eigenvalue weighted by molar-refractivity contribution is -0.385. The Kier molecular flexibility index (Phi) is 5.57. The summed E-state index contributed by atoms with van der Waals surface area (Å²) in [4.78, 5) is 25.3. The van der Waals surface area contributed by atoms with E-state index < -0.39 is 9.85 Å². The molecule has 0 aliphatic rings. The third-order valence-corrected chi connectivity index (χ3v) is 5.36. The Hall–Kier alpha value is -4.62. The van der Waals surface area contributed by atoms with Gasteiger partial charge in [-0.25, -0.2) is 4.98 Å². The second-order valence-electron chi connectivity index (χ2n) is 6.52. The van der Waals surface area contributed by atoms with Gasteiger partial charge in [-0.2, -0.15) is 5.26 Å². The van der Waals surface area contributed by atoms with Crippen LogP contribution in [0.25, 0.3) is 34.2 Å². The Balaban J connectivity index is 1.59. The van der Waals surface area contributed by atoms with Crippen molar-refractivity contribution in [2.75, 3.05) is 0 Å². The third-order valence-electron chi connectivity index (χ3n) is 4.48. The molecular formula is C22H12N4O5S. The molecular weight excluding hydrogens is 432 g/mol. The molecule has 0 unspecified atom stereocenters. The number of hydrogen-bond acceptors (Lipinski definition) is 8. The smallest absolute Gasteiger partial charge is 0.270 e. The van der Waals surface area contributed by atoms with E-state index in [-0.39, 0.29) is 16.9 Å². The fraction of sp³-hybridized carbons (Fsp3) is 0. The topological polar surface area (TPSA) is 136 Å². The van der Waals surface area contributed by atoms with Gasteiger partial charge in [0, 0.05) is 46.8 Å². The van der Waals surface area contributed by atoms with Crippen LogP contribution in [0.5, 0.6) is 0 Å². The zero-order chi connectivity index (χ0) is 22.7. The van der Waals surface area contributed by atoms with E-state index in [1.54, 1.807) is 47.9 Å². The largest absolute Gasteiger partial charge is 0.457 e. The van der Waals surface area contributed by atoms with E-state index in [4.69, 9.17) is 4.42 Å². The Morgan fingerprint density at radius 2 is 1.75 bits per heavy atom. The van der Waals surface area contributed by atoms with E-state index in [0.29, 0.717) is 33.3 Å². The average molecular weight is 444 g/mol. The van der Waals surface area contributed by atoms with E-state index in [1.165, 1.54) is 35.6 Å². The number of rotatable bonds is 6. The maximum absolute atomic E-state index is 11.0. The van der Waals surface area contributed by atoms with Crippen LogP contribution >= 0.6 is 11.3 Å². The van der Waals surface area contributed by atoms with E-state index in [0.717, 1.165) is 0 Å². The number of nitro benzene ring substituents is 2. The fourth-order valence-corrected chi connectivity index (χ4v) is 3.72. The van der Waals surface area contributed by atoms with Crippen molar-refractivity contribution in [1.82, 2.24) is 4.98 Å². The zero-order valence-corrected chi connectivity index (χ0v) is 17.0. The molecule has 2 aromatic heterocycles. The molecule has 2 heterocycles. The van der Waals surface area contributed by atoms with Crippen molar-refractivity contribution in [3.63, 3.8) is 0 Å². The highest BCUT2D eigenvalue weighted by Gasteiger charge is 2.13. The predicted molar refractivity (Wildman–Crippen MR) is 118 cm³/mol. The summed E-state index contributed by atoms with van der Waals surface area (Å²) in [5.41, 5.74) is 1.99. The fourth-order valence-electron chi connectivity index (χ4n) is 2.93. The van der Waals surface area contributed by atoms with Gasteiger partial charge in [-0.15, -0.1) is 11.3 Å². The number of nitro groups is 2. The lowest BCUT2D eigenvalue weighted by Crippen LogP contribution is -1.88. The second-order valence-corrected chi connectivity index (χ2v) is 7.38. The van der Waals surface area contributed by atoms with Gasteiger partial charge < -0.3 is 4.42 Å². The van der Waals surface area contributed by atoms with E-state index >= 15 is 0 Å².